The number of esters is 2. The summed E-state index contributed by atoms with van der Waals surface area (Å²) in [4.78, 5) is 23.4. The minimum Gasteiger partial charge on any atom is -0.419 e. The number of carbonyl (C=O) groups is 2. The van der Waals surface area contributed by atoms with E-state index in [0.717, 1.165) is 37.8 Å². The largest absolute Gasteiger partial charge is 0.430 e. The van der Waals surface area contributed by atoms with Crippen molar-refractivity contribution in [2.24, 2.45) is 0 Å². The topological polar surface area (TPSA) is 88.1 Å². The summed E-state index contributed by atoms with van der Waals surface area (Å²) in [5.74, 6) is -1.01. The third-order valence-corrected chi connectivity index (χ3v) is 6.28. The van der Waals surface area contributed by atoms with Crippen molar-refractivity contribution in [2.45, 2.75) is 39.0 Å². The van der Waals surface area contributed by atoms with Gasteiger partial charge in [0.25, 0.3) is 0 Å². The van der Waals surface area contributed by atoms with Crippen molar-refractivity contribution >= 4 is 19.5 Å². The highest BCUT2D eigenvalue weighted by Gasteiger charge is 2.30. The molecule has 0 heterocycles. The molecule has 0 unspecified atom stereocenters. The molecule has 176 valence electrons. The third-order valence-electron chi connectivity index (χ3n) is 4.46. The lowest BCUT2D eigenvalue weighted by atomic mass is 10.2. The summed E-state index contributed by atoms with van der Waals surface area (Å²) in [6, 6.07) is 12.7. The van der Waals surface area contributed by atoms with E-state index in [0.29, 0.717) is 6.42 Å². The molecule has 0 saturated heterocycles. The second kappa shape index (κ2) is 13.3. The second-order valence-corrected chi connectivity index (χ2v) is 9.11. The number of hydrogen-bond donors (Lipinski definition) is 0. The summed E-state index contributed by atoms with van der Waals surface area (Å²) in [7, 11) is -3.80. The van der Waals surface area contributed by atoms with Crippen LogP contribution in [-0.2, 0) is 14.2 Å². The van der Waals surface area contributed by atoms with Crippen LogP contribution in [-0.4, -0.2) is 18.1 Å². The van der Waals surface area contributed by atoms with Gasteiger partial charge >= 0.3 is 19.5 Å². The van der Waals surface area contributed by atoms with E-state index in [9.17, 15) is 14.2 Å². The van der Waals surface area contributed by atoms with Crippen molar-refractivity contribution in [3.63, 3.8) is 0 Å². The van der Waals surface area contributed by atoms with Crippen LogP contribution in [0.5, 0.6) is 23.0 Å². The van der Waals surface area contributed by atoms with Crippen LogP contribution in [0, 0.1) is 0 Å². The van der Waals surface area contributed by atoms with Gasteiger partial charge in [-0.3, -0.25) is 0 Å². The molecule has 0 aromatic heterocycles. The Morgan fingerprint density at radius 3 is 1.61 bits per heavy atom. The predicted molar refractivity (Wildman–Crippen MR) is 127 cm³/mol. The molecule has 0 radical (unpaired) electrons. The van der Waals surface area contributed by atoms with E-state index >= 15 is 0 Å². The lowest BCUT2D eigenvalue weighted by Crippen LogP contribution is -2.10. The molecular weight excluding hydrogens is 443 g/mol. The number of rotatable bonds is 14. The zero-order valence-corrected chi connectivity index (χ0v) is 19.6. The van der Waals surface area contributed by atoms with Crippen molar-refractivity contribution in [1.82, 2.24) is 0 Å². The molecule has 2 aromatic rings. The summed E-state index contributed by atoms with van der Waals surface area (Å²) in [6.07, 6.45) is 6.75. The summed E-state index contributed by atoms with van der Waals surface area (Å²) < 4.78 is 35.9. The molecule has 0 aliphatic heterocycles. The van der Waals surface area contributed by atoms with Gasteiger partial charge in [-0.2, -0.15) is 0 Å². The zero-order valence-electron chi connectivity index (χ0n) is 18.7. The van der Waals surface area contributed by atoms with Gasteiger partial charge in [0.1, 0.15) is 0 Å². The normalized spacial score (nSPS) is 10.7. The predicted octanol–water partition coefficient (Wildman–Crippen LogP) is 6.49. The van der Waals surface area contributed by atoms with Gasteiger partial charge in [-0.25, -0.2) is 14.2 Å². The minimum absolute atomic E-state index is 0.0866. The van der Waals surface area contributed by atoms with E-state index in [4.69, 9.17) is 18.5 Å². The number of carbonyl (C=O) groups excluding carboxylic acids is 2. The highest BCUT2D eigenvalue weighted by Crippen LogP contribution is 2.52. The van der Waals surface area contributed by atoms with Crippen LogP contribution in [0.3, 0.4) is 0 Å². The third kappa shape index (κ3) is 8.62. The van der Waals surface area contributed by atoms with Crippen LogP contribution < -0.4 is 18.5 Å². The zero-order chi connectivity index (χ0) is 24.1. The van der Waals surface area contributed by atoms with E-state index < -0.39 is 19.5 Å². The first-order valence-electron chi connectivity index (χ1n) is 10.8. The fourth-order valence-electron chi connectivity index (χ4n) is 2.84. The second-order valence-electron chi connectivity index (χ2n) is 7.08. The Balaban J connectivity index is 2.32. The molecule has 2 rings (SSSR count). The van der Waals surface area contributed by atoms with Crippen molar-refractivity contribution in [1.29, 1.82) is 0 Å². The maximum Gasteiger partial charge on any atom is 0.430 e. The standard InChI is InChI=1S/C25H29O7P/c1-4-7-8-9-14-19-33(28,31-22-17-12-10-15-20(22)29-24(26)5-2)32-23-18-13-11-16-21(23)30-25(27)6-3/h5-6,10-13,15-18H,2-4,7-9,14,19H2,1H3. The van der Waals surface area contributed by atoms with E-state index in [1.54, 1.807) is 24.3 Å². The molecule has 0 atom stereocenters. The van der Waals surface area contributed by atoms with Crippen LogP contribution in [0.4, 0.5) is 0 Å². The van der Waals surface area contributed by atoms with E-state index in [1.165, 1.54) is 24.3 Å². The van der Waals surface area contributed by atoms with Gasteiger partial charge in [-0.05, 0) is 30.7 Å². The number of unbranched alkanes of at least 4 members (excludes halogenated alkanes) is 4. The van der Waals surface area contributed by atoms with Gasteiger partial charge in [-0.15, -0.1) is 0 Å². The van der Waals surface area contributed by atoms with E-state index in [-0.39, 0.29) is 29.2 Å². The molecule has 0 aliphatic rings. The van der Waals surface area contributed by atoms with Gasteiger partial charge in [0, 0.05) is 12.2 Å². The van der Waals surface area contributed by atoms with Crippen LogP contribution in [0.2, 0.25) is 0 Å². The lowest BCUT2D eigenvalue weighted by Gasteiger charge is -2.22. The Morgan fingerprint density at radius 1 is 0.758 bits per heavy atom. The molecule has 0 saturated carbocycles. The lowest BCUT2D eigenvalue weighted by molar-refractivity contribution is -0.129. The van der Waals surface area contributed by atoms with Gasteiger partial charge in [0.2, 0.25) is 0 Å². The fourth-order valence-corrected chi connectivity index (χ4v) is 4.57. The highest BCUT2D eigenvalue weighted by molar-refractivity contribution is 7.54. The molecule has 0 spiro atoms. The minimum atomic E-state index is -3.80. The molecule has 8 heteroatoms. The molecule has 0 amide bonds. The van der Waals surface area contributed by atoms with Gasteiger partial charge in [-0.1, -0.05) is 70.0 Å². The van der Waals surface area contributed by atoms with Crippen LogP contribution in [0.1, 0.15) is 39.0 Å². The summed E-state index contributed by atoms with van der Waals surface area (Å²) >= 11 is 0. The van der Waals surface area contributed by atoms with Crippen molar-refractivity contribution in [2.75, 3.05) is 6.16 Å². The molecular formula is C25H29O7P. The van der Waals surface area contributed by atoms with Crippen LogP contribution in [0.15, 0.2) is 73.8 Å². The summed E-state index contributed by atoms with van der Waals surface area (Å²) in [6.45, 7) is 8.87. The quantitative estimate of drug-likeness (QED) is 0.102. The monoisotopic (exact) mass is 472 g/mol. The molecule has 0 bridgehead atoms. The average molecular weight is 472 g/mol. The molecule has 0 fully saturated rings. The van der Waals surface area contributed by atoms with Gasteiger partial charge < -0.3 is 18.5 Å². The average Bonchev–Trinajstić information content (AvgIpc) is 2.81. The first-order chi connectivity index (χ1) is 15.9. The first kappa shape index (κ1) is 25.9. The Morgan fingerprint density at radius 2 is 1.18 bits per heavy atom. The molecule has 33 heavy (non-hydrogen) atoms. The van der Waals surface area contributed by atoms with Crippen molar-refractivity contribution < 1.29 is 32.7 Å². The summed E-state index contributed by atoms with van der Waals surface area (Å²) in [5, 5.41) is 0. The number of ether oxygens (including phenoxy) is 2. The van der Waals surface area contributed by atoms with E-state index in [1.807, 2.05) is 0 Å². The number of para-hydroxylation sites is 4. The maximum absolute atomic E-state index is 13.8. The Hall–Kier alpha value is -3.31. The van der Waals surface area contributed by atoms with Crippen LogP contribution >= 0.6 is 7.60 Å². The Bertz CT molecular complexity index is 944. The summed E-state index contributed by atoms with van der Waals surface area (Å²) in [5.41, 5.74) is 0. The maximum atomic E-state index is 13.8. The molecule has 0 N–H and O–H groups in total. The van der Waals surface area contributed by atoms with Crippen LogP contribution in [0.25, 0.3) is 0 Å². The Kier molecular flexibility index (Phi) is 10.4. The van der Waals surface area contributed by atoms with Crippen molar-refractivity contribution in [3.8, 4) is 23.0 Å². The molecule has 0 aliphatic carbocycles. The first-order valence-corrected chi connectivity index (χ1v) is 12.5. The highest BCUT2D eigenvalue weighted by atomic mass is 31.2. The van der Waals surface area contributed by atoms with Gasteiger partial charge in [0.15, 0.2) is 23.0 Å². The van der Waals surface area contributed by atoms with E-state index in [2.05, 4.69) is 20.1 Å². The number of hydrogen-bond acceptors (Lipinski definition) is 7. The SMILES string of the molecule is C=CC(=O)Oc1ccccc1OP(=O)(CCCCCCC)Oc1ccccc1OC(=O)C=C. The molecule has 2 aromatic carbocycles. The smallest absolute Gasteiger partial charge is 0.419 e. The molecule has 7 nitrogen and oxygen atoms in total. The number of benzene rings is 2. The van der Waals surface area contributed by atoms with Gasteiger partial charge in [0.05, 0.1) is 6.16 Å². The fraction of sp³-hybridized carbons (Fsp3) is 0.280. The van der Waals surface area contributed by atoms with Crippen molar-refractivity contribution in [3.05, 3.63) is 73.8 Å². The Labute approximate surface area is 194 Å².